The van der Waals surface area contributed by atoms with Gasteiger partial charge in [0.25, 0.3) is 11.8 Å². The quantitative estimate of drug-likeness (QED) is 0.826. The first-order valence-corrected chi connectivity index (χ1v) is 10.3. The van der Waals surface area contributed by atoms with Crippen LogP contribution in [0.4, 0.5) is 0 Å². The minimum atomic E-state index is 0.0401. The van der Waals surface area contributed by atoms with Gasteiger partial charge in [0, 0.05) is 69.5 Å². The van der Waals surface area contributed by atoms with Gasteiger partial charge in [-0.15, -0.1) is 0 Å². The molecule has 0 saturated carbocycles. The number of carbonyl (C=O) groups excluding carboxylic acids is 2. The van der Waals surface area contributed by atoms with E-state index >= 15 is 0 Å². The Hall–Kier alpha value is -1.92. The summed E-state index contributed by atoms with van der Waals surface area (Å²) in [5, 5.41) is 3.38. The molecule has 2 saturated heterocycles. The largest absolute Gasteiger partial charge is 0.339 e. The van der Waals surface area contributed by atoms with Crippen LogP contribution in [0.5, 0.6) is 0 Å². The molecule has 6 nitrogen and oxygen atoms in total. The topological polar surface area (TPSA) is 55.9 Å². The Kier molecular flexibility index (Phi) is 6.85. The molecule has 0 aromatic heterocycles. The van der Waals surface area contributed by atoms with Crippen molar-refractivity contribution in [3.05, 3.63) is 35.4 Å². The first-order chi connectivity index (χ1) is 13.1. The first-order valence-electron chi connectivity index (χ1n) is 10.3. The van der Waals surface area contributed by atoms with E-state index in [9.17, 15) is 9.59 Å². The summed E-state index contributed by atoms with van der Waals surface area (Å²) in [5.41, 5.74) is 1.33. The van der Waals surface area contributed by atoms with E-state index in [2.05, 4.69) is 17.1 Å². The standard InChI is InChI=1S/C21H32N4O2/c1-3-12-23(4-2)20(26)17-5-7-18(8-6-17)21(27)25-13-9-19(16-25)24-14-10-22-11-15-24/h5-8,19,22H,3-4,9-16H2,1-2H3. The van der Waals surface area contributed by atoms with Crippen molar-refractivity contribution in [2.75, 3.05) is 52.4 Å². The van der Waals surface area contributed by atoms with E-state index in [-0.39, 0.29) is 11.8 Å². The summed E-state index contributed by atoms with van der Waals surface area (Å²) in [4.78, 5) is 31.7. The summed E-state index contributed by atoms with van der Waals surface area (Å²) in [5.74, 6) is 0.117. The van der Waals surface area contributed by atoms with E-state index in [1.807, 2.05) is 16.7 Å². The molecule has 2 heterocycles. The zero-order valence-corrected chi connectivity index (χ0v) is 16.6. The molecule has 2 aliphatic rings. The average Bonchev–Trinajstić information content (AvgIpc) is 3.22. The Morgan fingerprint density at radius 3 is 2.37 bits per heavy atom. The minimum absolute atomic E-state index is 0.0401. The van der Waals surface area contributed by atoms with Crippen molar-refractivity contribution in [1.29, 1.82) is 0 Å². The number of hydrogen-bond donors (Lipinski definition) is 1. The zero-order chi connectivity index (χ0) is 19.2. The van der Waals surface area contributed by atoms with E-state index < -0.39 is 0 Å². The number of nitrogens with one attached hydrogen (secondary N) is 1. The molecule has 148 valence electrons. The molecular weight excluding hydrogens is 340 g/mol. The van der Waals surface area contributed by atoms with Gasteiger partial charge < -0.3 is 15.1 Å². The van der Waals surface area contributed by atoms with Gasteiger partial charge in [0.2, 0.25) is 0 Å². The predicted molar refractivity (Wildman–Crippen MR) is 107 cm³/mol. The highest BCUT2D eigenvalue weighted by molar-refractivity contribution is 5.98. The molecule has 2 fully saturated rings. The second-order valence-electron chi connectivity index (χ2n) is 7.44. The van der Waals surface area contributed by atoms with Gasteiger partial charge in [-0.25, -0.2) is 0 Å². The summed E-state index contributed by atoms with van der Waals surface area (Å²) < 4.78 is 0. The Morgan fingerprint density at radius 1 is 1.07 bits per heavy atom. The van der Waals surface area contributed by atoms with Gasteiger partial charge in [0.15, 0.2) is 0 Å². The highest BCUT2D eigenvalue weighted by atomic mass is 16.2. The maximum Gasteiger partial charge on any atom is 0.253 e. The van der Waals surface area contributed by atoms with Crippen molar-refractivity contribution in [3.8, 4) is 0 Å². The lowest BCUT2D eigenvalue weighted by atomic mass is 10.1. The fourth-order valence-electron chi connectivity index (χ4n) is 4.07. The summed E-state index contributed by atoms with van der Waals surface area (Å²) in [6.45, 7) is 11.3. The summed E-state index contributed by atoms with van der Waals surface area (Å²) in [6.07, 6.45) is 1.99. The molecule has 0 bridgehead atoms. The SMILES string of the molecule is CCCN(CC)C(=O)c1ccc(C(=O)N2CCC(N3CCNCC3)C2)cc1. The van der Waals surface area contributed by atoms with E-state index in [1.165, 1.54) is 0 Å². The van der Waals surface area contributed by atoms with Crippen LogP contribution in [0.15, 0.2) is 24.3 Å². The van der Waals surface area contributed by atoms with Crippen molar-refractivity contribution in [1.82, 2.24) is 20.0 Å². The van der Waals surface area contributed by atoms with E-state index in [4.69, 9.17) is 0 Å². The van der Waals surface area contributed by atoms with Gasteiger partial charge in [-0.1, -0.05) is 6.92 Å². The van der Waals surface area contributed by atoms with E-state index in [0.717, 1.165) is 58.7 Å². The molecule has 2 aliphatic heterocycles. The van der Waals surface area contributed by atoms with Crippen LogP contribution in [0.25, 0.3) is 0 Å². The number of rotatable bonds is 6. The molecular formula is C21H32N4O2. The lowest BCUT2D eigenvalue weighted by Gasteiger charge is -2.32. The molecule has 1 aromatic rings. The fraction of sp³-hybridized carbons (Fsp3) is 0.619. The molecule has 0 radical (unpaired) electrons. The van der Waals surface area contributed by atoms with Crippen LogP contribution >= 0.6 is 0 Å². The molecule has 0 aliphatic carbocycles. The van der Waals surface area contributed by atoms with Crippen molar-refractivity contribution in [2.24, 2.45) is 0 Å². The molecule has 27 heavy (non-hydrogen) atoms. The second kappa shape index (κ2) is 9.33. The number of amides is 2. The predicted octanol–water partition coefficient (Wildman–Crippen LogP) is 1.68. The highest BCUT2D eigenvalue weighted by Gasteiger charge is 2.31. The smallest absolute Gasteiger partial charge is 0.253 e. The van der Waals surface area contributed by atoms with Crippen LogP contribution in [0, 0.1) is 0 Å². The number of likely N-dealkylation sites (tertiary alicyclic amines) is 1. The van der Waals surface area contributed by atoms with Gasteiger partial charge in [-0.05, 0) is 44.0 Å². The van der Waals surface area contributed by atoms with Gasteiger partial charge >= 0.3 is 0 Å². The van der Waals surface area contributed by atoms with Gasteiger partial charge in [-0.2, -0.15) is 0 Å². The lowest BCUT2D eigenvalue weighted by molar-refractivity contribution is 0.0756. The van der Waals surface area contributed by atoms with Crippen LogP contribution in [0.2, 0.25) is 0 Å². The van der Waals surface area contributed by atoms with Crippen LogP contribution < -0.4 is 5.32 Å². The molecule has 6 heteroatoms. The summed E-state index contributed by atoms with van der Waals surface area (Å²) in [7, 11) is 0. The monoisotopic (exact) mass is 372 g/mol. The average molecular weight is 373 g/mol. The maximum atomic E-state index is 12.8. The van der Waals surface area contributed by atoms with Crippen LogP contribution in [0.3, 0.4) is 0 Å². The minimum Gasteiger partial charge on any atom is -0.339 e. The third-order valence-corrected chi connectivity index (χ3v) is 5.66. The lowest BCUT2D eigenvalue weighted by Crippen LogP contribution is -2.49. The van der Waals surface area contributed by atoms with Crippen molar-refractivity contribution >= 4 is 11.8 Å². The Balaban J connectivity index is 1.60. The normalized spacial score (nSPS) is 20.7. The van der Waals surface area contributed by atoms with E-state index in [1.54, 1.807) is 24.3 Å². The Bertz CT molecular complexity index is 640. The molecule has 2 amide bonds. The van der Waals surface area contributed by atoms with E-state index in [0.29, 0.717) is 23.7 Å². The molecule has 1 atom stereocenters. The third kappa shape index (κ3) is 4.68. The number of nitrogens with zero attached hydrogens (tertiary/aromatic N) is 3. The van der Waals surface area contributed by atoms with Crippen LogP contribution in [0.1, 0.15) is 47.4 Å². The van der Waals surface area contributed by atoms with Crippen molar-refractivity contribution < 1.29 is 9.59 Å². The summed E-state index contributed by atoms with van der Waals surface area (Å²) in [6, 6.07) is 7.65. The van der Waals surface area contributed by atoms with Crippen molar-refractivity contribution in [2.45, 2.75) is 32.7 Å². The number of carbonyl (C=O) groups is 2. The fourth-order valence-corrected chi connectivity index (χ4v) is 4.07. The van der Waals surface area contributed by atoms with Gasteiger partial charge in [0.05, 0.1) is 0 Å². The maximum absolute atomic E-state index is 12.8. The number of hydrogen-bond acceptors (Lipinski definition) is 4. The van der Waals surface area contributed by atoms with Crippen LogP contribution in [-0.2, 0) is 0 Å². The summed E-state index contributed by atoms with van der Waals surface area (Å²) >= 11 is 0. The first kappa shape index (κ1) is 19.8. The number of piperazine rings is 1. The second-order valence-corrected chi connectivity index (χ2v) is 7.44. The third-order valence-electron chi connectivity index (χ3n) is 5.66. The molecule has 1 N–H and O–H groups in total. The Labute approximate surface area is 162 Å². The molecule has 0 spiro atoms. The van der Waals surface area contributed by atoms with Crippen molar-refractivity contribution in [3.63, 3.8) is 0 Å². The van der Waals surface area contributed by atoms with Crippen LogP contribution in [-0.4, -0.2) is 84.9 Å². The number of benzene rings is 1. The molecule has 1 aromatic carbocycles. The van der Waals surface area contributed by atoms with Gasteiger partial charge in [-0.3, -0.25) is 14.5 Å². The highest BCUT2D eigenvalue weighted by Crippen LogP contribution is 2.19. The zero-order valence-electron chi connectivity index (χ0n) is 16.6. The molecule has 1 unspecified atom stereocenters. The Morgan fingerprint density at radius 2 is 1.74 bits per heavy atom. The van der Waals surface area contributed by atoms with Gasteiger partial charge in [0.1, 0.15) is 0 Å². The molecule has 3 rings (SSSR count).